The number of carbonyl (C=O) groups excluding carboxylic acids is 5. The lowest BCUT2D eigenvalue weighted by Crippen LogP contribution is -2.54. The molecular weight excluding hydrogens is 763 g/mol. The van der Waals surface area contributed by atoms with Gasteiger partial charge in [-0.05, 0) is 107 Å². The smallest absolute Gasteiger partial charge is 0.287 e. The van der Waals surface area contributed by atoms with Crippen molar-refractivity contribution in [1.82, 2.24) is 29.9 Å². The van der Waals surface area contributed by atoms with Crippen LogP contribution in [0.3, 0.4) is 0 Å². The van der Waals surface area contributed by atoms with Gasteiger partial charge in [-0.2, -0.15) is 13.9 Å². The molecule has 16 heteroatoms. The molecular formula is C43H48F2N8O6. The van der Waals surface area contributed by atoms with Crippen LogP contribution in [0, 0.1) is 11.8 Å². The van der Waals surface area contributed by atoms with Crippen LogP contribution in [0.15, 0.2) is 54.7 Å². The van der Waals surface area contributed by atoms with E-state index in [1.54, 1.807) is 30.3 Å². The van der Waals surface area contributed by atoms with E-state index < -0.39 is 47.2 Å². The fourth-order valence-electron chi connectivity index (χ4n) is 9.01. The van der Waals surface area contributed by atoms with Crippen molar-refractivity contribution in [3.8, 4) is 5.75 Å². The number of methoxy groups -OCH3 is 1. The van der Waals surface area contributed by atoms with Gasteiger partial charge in [-0.25, -0.2) is 4.98 Å². The van der Waals surface area contributed by atoms with Gasteiger partial charge in [0, 0.05) is 49.8 Å². The van der Waals surface area contributed by atoms with Gasteiger partial charge in [0.25, 0.3) is 23.6 Å². The van der Waals surface area contributed by atoms with Gasteiger partial charge < -0.3 is 20.3 Å². The van der Waals surface area contributed by atoms with Gasteiger partial charge in [-0.3, -0.25) is 38.9 Å². The summed E-state index contributed by atoms with van der Waals surface area (Å²) in [4.78, 5) is 71.2. The molecule has 3 aliphatic heterocycles. The lowest BCUT2D eigenvalue weighted by atomic mass is 9.85. The molecule has 4 aliphatic rings. The molecule has 8 rings (SSSR count). The van der Waals surface area contributed by atoms with Crippen LogP contribution >= 0.6 is 0 Å². The van der Waals surface area contributed by atoms with Crippen molar-refractivity contribution in [2.45, 2.75) is 82.7 Å². The molecule has 1 saturated carbocycles. The molecule has 2 aromatic carbocycles. The minimum Gasteiger partial charge on any atom is -0.494 e. The van der Waals surface area contributed by atoms with Gasteiger partial charge in [0.2, 0.25) is 11.8 Å². The molecule has 2 saturated heterocycles. The number of amides is 5. The van der Waals surface area contributed by atoms with Crippen LogP contribution in [0.25, 0.3) is 10.9 Å². The Balaban J connectivity index is 0.793. The second kappa shape index (κ2) is 16.5. The van der Waals surface area contributed by atoms with E-state index in [1.807, 2.05) is 10.9 Å². The van der Waals surface area contributed by atoms with Crippen molar-refractivity contribution in [3.63, 3.8) is 0 Å². The average molecular weight is 811 g/mol. The van der Waals surface area contributed by atoms with Gasteiger partial charge in [0.1, 0.15) is 23.2 Å². The first kappa shape index (κ1) is 40.0. The van der Waals surface area contributed by atoms with Crippen LogP contribution in [0.2, 0.25) is 0 Å². The third kappa shape index (κ3) is 8.40. The van der Waals surface area contributed by atoms with Crippen LogP contribution in [0.4, 0.5) is 20.2 Å². The number of hydrogen-bond acceptors (Lipinski definition) is 10. The van der Waals surface area contributed by atoms with E-state index in [1.165, 1.54) is 25.3 Å². The molecule has 0 unspecified atom stereocenters. The fourth-order valence-corrected chi connectivity index (χ4v) is 9.01. The molecule has 3 fully saturated rings. The van der Waals surface area contributed by atoms with Crippen molar-refractivity contribution >= 4 is 51.8 Å². The number of nitrogens with one attached hydrogen (secondary N) is 3. The van der Waals surface area contributed by atoms with E-state index in [-0.39, 0.29) is 35.7 Å². The number of aromatic nitrogens is 3. The highest BCUT2D eigenvalue weighted by Gasteiger charge is 2.45. The summed E-state index contributed by atoms with van der Waals surface area (Å²) in [5.41, 5.74) is 1.69. The summed E-state index contributed by atoms with van der Waals surface area (Å²) in [5.74, 6) is -4.26. The van der Waals surface area contributed by atoms with E-state index in [0.717, 1.165) is 87.3 Å². The van der Waals surface area contributed by atoms with Crippen molar-refractivity contribution in [1.29, 1.82) is 0 Å². The number of nitrogens with zero attached hydrogens (tertiary/aromatic N) is 5. The summed E-state index contributed by atoms with van der Waals surface area (Å²) in [6.45, 7) is 4.55. The second-order valence-corrected chi connectivity index (χ2v) is 16.3. The average Bonchev–Trinajstić information content (AvgIpc) is 3.75. The van der Waals surface area contributed by atoms with Crippen LogP contribution in [0.1, 0.15) is 108 Å². The van der Waals surface area contributed by atoms with Gasteiger partial charge >= 0.3 is 0 Å². The highest BCUT2D eigenvalue weighted by Crippen LogP contribution is 2.37. The summed E-state index contributed by atoms with van der Waals surface area (Å²) in [7, 11) is 1.50. The molecule has 0 radical (unpaired) electrons. The molecule has 0 spiro atoms. The lowest BCUT2D eigenvalue weighted by Gasteiger charge is -2.36. The molecule has 310 valence electrons. The molecule has 3 N–H and O–H groups in total. The number of ether oxygens (including phenoxy) is 1. The number of likely N-dealkylation sites (tertiary alicyclic amines) is 1. The Morgan fingerprint density at radius 2 is 1.69 bits per heavy atom. The molecule has 0 bridgehead atoms. The topological polar surface area (TPSA) is 168 Å². The normalized spacial score (nSPS) is 21.8. The largest absolute Gasteiger partial charge is 0.494 e. The first-order chi connectivity index (χ1) is 28.4. The summed E-state index contributed by atoms with van der Waals surface area (Å²) >= 11 is 0. The van der Waals surface area contributed by atoms with E-state index in [2.05, 4.69) is 25.8 Å². The number of halogens is 2. The van der Waals surface area contributed by atoms with E-state index in [4.69, 9.17) is 9.84 Å². The maximum Gasteiger partial charge on any atom is 0.287 e. The van der Waals surface area contributed by atoms with E-state index in [9.17, 15) is 32.8 Å². The number of fused-ring (bicyclic) bond motifs is 2. The number of rotatable bonds is 12. The molecule has 5 heterocycles. The number of benzene rings is 2. The van der Waals surface area contributed by atoms with Gasteiger partial charge in [0.15, 0.2) is 0 Å². The number of hydrogen-bond donors (Lipinski definition) is 3. The SMILES string of the molecule is COc1cc2nn([C@H]3CC[C@H](CN4CCC(CCNc5cccc6c5C(=O)N([C@@H]5CCC(=O)NC5=O)C6=O)CC4)CC3)cc2cc1NC(=O)c1cccc(C(C)(F)F)n1. The predicted molar refractivity (Wildman–Crippen MR) is 214 cm³/mol. The highest BCUT2D eigenvalue weighted by molar-refractivity contribution is 6.25. The minimum absolute atomic E-state index is 0.0797. The Labute approximate surface area is 340 Å². The standard InChI is InChI=1S/C43H48F2N8O6/c1-43(44,45)36-8-4-7-31(47-36)39(55)48-33-21-27-24-52(50-32(27)22-35(33)59-2)28-11-9-26(10-12-28)23-51-19-16-25(17-20-51)15-18-46-30-6-3-5-29-38(30)42(58)53(41(29)57)34-13-14-37(54)49-40(34)56/h3-8,21-22,24-26,28,34,46H,9-20,23H2,1-2H3,(H,48,55)(H,49,54,56)/t26-,28-,34-/m1/s1. The monoisotopic (exact) mass is 810 g/mol. The molecule has 2 aromatic heterocycles. The molecule has 14 nitrogen and oxygen atoms in total. The van der Waals surface area contributed by atoms with Gasteiger partial charge in [-0.15, -0.1) is 0 Å². The number of piperidine rings is 2. The number of carbonyl (C=O) groups is 5. The summed E-state index contributed by atoms with van der Waals surface area (Å²) in [6, 6.07) is 11.9. The summed E-state index contributed by atoms with van der Waals surface area (Å²) < 4.78 is 35.2. The Bertz CT molecular complexity index is 2290. The highest BCUT2D eigenvalue weighted by atomic mass is 19.3. The molecule has 5 amide bonds. The van der Waals surface area contributed by atoms with Crippen molar-refractivity contribution in [3.05, 3.63) is 77.2 Å². The van der Waals surface area contributed by atoms with Gasteiger partial charge in [-0.1, -0.05) is 12.1 Å². The maximum absolute atomic E-state index is 13.8. The van der Waals surface area contributed by atoms with E-state index in [0.29, 0.717) is 35.5 Å². The van der Waals surface area contributed by atoms with Crippen molar-refractivity contribution < 1.29 is 37.5 Å². The first-order valence-corrected chi connectivity index (χ1v) is 20.4. The predicted octanol–water partition coefficient (Wildman–Crippen LogP) is 6.15. The molecule has 1 atom stereocenters. The molecule has 1 aliphatic carbocycles. The maximum atomic E-state index is 13.8. The Morgan fingerprint density at radius 1 is 0.932 bits per heavy atom. The number of pyridine rings is 1. The van der Waals surface area contributed by atoms with Crippen molar-refractivity contribution in [2.75, 3.05) is 43.9 Å². The number of alkyl halides is 2. The van der Waals surface area contributed by atoms with Crippen LogP contribution in [-0.2, 0) is 15.5 Å². The number of imide groups is 2. The zero-order valence-electron chi connectivity index (χ0n) is 33.1. The van der Waals surface area contributed by atoms with Gasteiger partial charge in [0.05, 0.1) is 35.5 Å². The third-order valence-electron chi connectivity index (χ3n) is 12.3. The molecule has 59 heavy (non-hydrogen) atoms. The van der Waals surface area contributed by atoms with Crippen LogP contribution < -0.4 is 20.7 Å². The lowest BCUT2D eigenvalue weighted by molar-refractivity contribution is -0.136. The Hall–Kier alpha value is -5.77. The quantitative estimate of drug-likeness (QED) is 0.141. The fraction of sp³-hybridized carbons (Fsp3) is 0.465. The van der Waals surface area contributed by atoms with Crippen molar-refractivity contribution in [2.24, 2.45) is 11.8 Å². The summed E-state index contributed by atoms with van der Waals surface area (Å²) in [6.07, 6.45) is 9.52. The second-order valence-electron chi connectivity index (χ2n) is 16.3. The molecule has 4 aromatic rings. The summed E-state index contributed by atoms with van der Waals surface area (Å²) in [5, 5.41) is 14.1. The number of anilines is 2. The third-order valence-corrected chi connectivity index (χ3v) is 12.3. The van der Waals surface area contributed by atoms with E-state index >= 15 is 0 Å². The van der Waals surface area contributed by atoms with Crippen LogP contribution in [0.5, 0.6) is 5.75 Å². The zero-order valence-corrected chi connectivity index (χ0v) is 33.1. The zero-order chi connectivity index (χ0) is 41.4. The van der Waals surface area contributed by atoms with Crippen LogP contribution in [-0.4, -0.2) is 93.4 Å². The minimum atomic E-state index is -3.17. The Morgan fingerprint density at radius 3 is 2.42 bits per heavy atom. The Kier molecular flexibility index (Phi) is 11.2. The first-order valence-electron chi connectivity index (χ1n) is 20.4.